The fraction of sp³-hybridized carbons (Fsp3) is 0.373. The summed E-state index contributed by atoms with van der Waals surface area (Å²) in [5, 5.41) is 29.8. The quantitative estimate of drug-likeness (QED) is 0.0675. The first-order valence-corrected chi connectivity index (χ1v) is 30.8. The van der Waals surface area contributed by atoms with Gasteiger partial charge in [-0.05, 0) is 175 Å². The maximum Gasteiger partial charge on any atom is 1.00 e. The Kier molecular flexibility index (Phi) is 33.3. The van der Waals surface area contributed by atoms with Crippen molar-refractivity contribution in [1.29, 1.82) is 5.26 Å². The summed E-state index contributed by atoms with van der Waals surface area (Å²) < 4.78 is 8.39. The number of nitrogens with zero attached hydrogens (tertiary/aromatic N) is 10. The summed E-state index contributed by atoms with van der Waals surface area (Å²) in [5.41, 5.74) is 24.5. The number of fused-ring (bicyclic) bond motifs is 4. The topological polar surface area (TPSA) is 205 Å². The van der Waals surface area contributed by atoms with Crippen molar-refractivity contribution in [3.05, 3.63) is 201 Å². The number of benzene rings is 4. The largest absolute Gasteiger partial charge is 1.00 e. The third kappa shape index (κ3) is 23.6. The van der Waals surface area contributed by atoms with Crippen LogP contribution in [0.15, 0.2) is 133 Å². The van der Waals surface area contributed by atoms with Gasteiger partial charge in [-0.2, -0.15) is 5.26 Å². The molecule has 0 amide bonds. The van der Waals surface area contributed by atoms with Gasteiger partial charge in [0.2, 0.25) is 5.78 Å². The third-order valence-electron chi connectivity index (χ3n) is 12.9. The van der Waals surface area contributed by atoms with Crippen LogP contribution in [-0.4, -0.2) is 60.4 Å². The molecule has 1 unspecified atom stereocenters. The van der Waals surface area contributed by atoms with Crippen LogP contribution in [0.3, 0.4) is 0 Å². The summed E-state index contributed by atoms with van der Waals surface area (Å²) in [7, 11) is 0. The average Bonchev–Trinajstić information content (AvgIpc) is 2.02. The zero-order valence-electron chi connectivity index (χ0n) is 49.7. The van der Waals surface area contributed by atoms with E-state index in [2.05, 4.69) is 115 Å². The van der Waals surface area contributed by atoms with Gasteiger partial charge >= 0.3 is 29.6 Å². The molecule has 88 heavy (non-hydrogen) atoms. The number of hydrogen-bond donors (Lipinski definition) is 4. The molecule has 0 aliphatic heterocycles. The van der Waals surface area contributed by atoms with Crippen molar-refractivity contribution < 1.29 is 44.6 Å². The molecule has 1 atom stereocenters. The second kappa shape index (κ2) is 37.6. The molecule has 21 heteroatoms. The number of allylic oxidation sites excluding steroid dienone is 2. The summed E-state index contributed by atoms with van der Waals surface area (Å²) in [6, 6.07) is 33.6. The Morgan fingerprint density at radius 3 is 1.64 bits per heavy atom. The molecule has 4 aliphatic rings. The van der Waals surface area contributed by atoms with Crippen LogP contribution in [0.25, 0.3) is 41.8 Å². The number of aryl methyl sites for hydroxylation is 1. The maximum absolute atomic E-state index is 10.6. The number of carbonyl (C=O) groups excluding carboxylic acids is 1. The minimum Gasteiger partial charge on any atom is -0.850 e. The fourth-order valence-electron chi connectivity index (χ4n) is 9.48. The number of hydrogen-bond acceptors (Lipinski definition) is 10. The number of anilines is 4. The van der Waals surface area contributed by atoms with Gasteiger partial charge in [-0.1, -0.05) is 112 Å². The first-order chi connectivity index (χ1) is 40.4. The van der Waals surface area contributed by atoms with E-state index in [4.69, 9.17) is 48.1 Å². The van der Waals surface area contributed by atoms with E-state index in [1.807, 2.05) is 100 Å². The molecule has 0 bridgehead atoms. The molecule has 458 valence electrons. The fourth-order valence-corrected chi connectivity index (χ4v) is 10.5. The van der Waals surface area contributed by atoms with Crippen molar-refractivity contribution in [2.45, 2.75) is 151 Å². The normalized spacial score (nSPS) is 13.8. The van der Waals surface area contributed by atoms with E-state index < -0.39 is 11.2 Å². The van der Waals surface area contributed by atoms with Crippen molar-refractivity contribution in [2.24, 2.45) is 0 Å². The van der Waals surface area contributed by atoms with Crippen LogP contribution in [0.4, 0.5) is 28.7 Å². The summed E-state index contributed by atoms with van der Waals surface area (Å²) >= 11 is 13.6. The van der Waals surface area contributed by atoms with Crippen molar-refractivity contribution >= 4 is 109 Å². The molecule has 3 heterocycles. The number of aromatic nitrogens is 4. The number of nitriles is 1. The Hall–Kier alpha value is -6.32. The molecule has 11 rings (SSSR count). The molecule has 1 saturated carbocycles. The molecule has 0 saturated heterocycles. The van der Waals surface area contributed by atoms with Crippen LogP contribution in [0.1, 0.15) is 130 Å². The maximum atomic E-state index is 10.6. The van der Waals surface area contributed by atoms with Crippen LogP contribution < -0.4 is 56.3 Å². The van der Waals surface area contributed by atoms with Gasteiger partial charge in [0.1, 0.15) is 24.1 Å². The van der Waals surface area contributed by atoms with Gasteiger partial charge in [-0.3, -0.25) is 19.1 Å². The molecule has 6 N–H and O–H groups in total. The van der Waals surface area contributed by atoms with Gasteiger partial charge in [-0.15, -0.1) is 5.60 Å². The van der Waals surface area contributed by atoms with Crippen LogP contribution in [-0.2, 0) is 30.5 Å². The van der Waals surface area contributed by atoms with E-state index in [9.17, 15) is 9.90 Å². The van der Waals surface area contributed by atoms with Gasteiger partial charge in [-0.25, -0.2) is 28.0 Å². The standard InChI is InChI=1S/C15H13BrN4.2C14H12BrN3.C8H7BrN2.C6H7NO.C4H10O.C4H9O.2CH4.Na/c16-9-4-6-10(7-5-9)20-12-3-1-2-11(12)13-14(20)15(17)19-8-18-13;1-17-14-13(16)11-3-2-4-12(11)18(14)10-7-5-9(15)6-8-10;1-16-10-18(12-8-6-11(15)7-9-12)14-5-3-4-13(14)17-2;9-7-1-3-8(4-2-7)11-6-5-10;1-7-5-3-2-4-6(5)8;2*1-4(2,3)5;;;/h4-8H,1-3H2,(H2,17,18,19);5-8H,2-4,16H2;6-9H,3-5,10H2;1-4,11H,6H2;5H,2-4H2;5H,1-3H3;1-3H3;2*1H4;/q;;;;;;-1;;;+1. The van der Waals surface area contributed by atoms with Gasteiger partial charge in [0.25, 0.3) is 18.5 Å². The Labute approximate surface area is 576 Å². The van der Waals surface area contributed by atoms with Crippen molar-refractivity contribution in [1.82, 2.24) is 19.1 Å². The smallest absolute Gasteiger partial charge is 0.850 e. The van der Waals surface area contributed by atoms with Crippen LogP contribution in [0, 0.1) is 37.6 Å². The molecule has 0 radical (unpaired) electrons. The SMILES string of the molecule is C.C.CC(C)(C)O.CC(C)(C)[O-].N#CCNc1ccc(Br)cc1.Nc1ncnc2c3c(n(-c4ccc(Br)cc4)c12)CCC3.[C-]#[N+]C1CCCC1=O.[C-]#[N+]CN(C1=C([N+]#[C-])CCC1)c1ccc(Br)cc1.[C-]#[N+]c1c(N)c2c(n1-c1ccc(Br)cc1)CCC2.[Na+]. The number of nitrogens with two attached hydrogens (primary N) is 2. The predicted molar refractivity (Wildman–Crippen MR) is 367 cm³/mol. The molecule has 7 aromatic rings. The second-order valence-electron chi connectivity index (χ2n) is 21.9. The number of Topliss-reactive ketones (excluding diaryl/α,β-unsaturated/α-hetero) is 1. The Morgan fingerprint density at radius 1 is 0.705 bits per heavy atom. The number of nitrogen functional groups attached to an aromatic ring is 2. The molecule has 4 aliphatic carbocycles. The van der Waals surface area contributed by atoms with Gasteiger partial charge < -0.3 is 41.3 Å². The zero-order valence-corrected chi connectivity index (χ0v) is 58.0. The number of nitrogens with one attached hydrogen (secondary N) is 1. The first-order valence-electron chi connectivity index (χ1n) is 27.6. The number of rotatable bonds is 7. The summed E-state index contributed by atoms with van der Waals surface area (Å²) in [5.74, 6) is 1.24. The van der Waals surface area contributed by atoms with Gasteiger partial charge in [0, 0.05) is 71.2 Å². The predicted octanol–water partition coefficient (Wildman–Crippen LogP) is 14.2. The van der Waals surface area contributed by atoms with E-state index in [0.29, 0.717) is 30.3 Å². The van der Waals surface area contributed by atoms with Crippen molar-refractivity contribution in [3.63, 3.8) is 0 Å². The average molecular weight is 1460 g/mol. The Morgan fingerprint density at radius 2 is 1.18 bits per heavy atom. The number of ketones is 1. The molecule has 4 aromatic carbocycles. The number of carbonyl (C=O) groups is 1. The zero-order chi connectivity index (χ0) is 62.4. The van der Waals surface area contributed by atoms with E-state index in [0.717, 1.165) is 127 Å². The molecule has 0 spiro atoms. The molecule has 3 aromatic heterocycles. The van der Waals surface area contributed by atoms with Crippen LogP contribution in [0.5, 0.6) is 0 Å². The second-order valence-corrected chi connectivity index (χ2v) is 25.5. The number of halogens is 4. The van der Waals surface area contributed by atoms with E-state index in [-0.39, 0.29) is 62.9 Å². The van der Waals surface area contributed by atoms with Crippen LogP contribution in [0.2, 0.25) is 0 Å². The molecular formula is C67H78Br4N13NaO3. The molecular weight excluding hydrogens is 1380 g/mol. The third-order valence-corrected chi connectivity index (χ3v) is 15.1. The summed E-state index contributed by atoms with van der Waals surface area (Å²) in [6.07, 6.45) is 13.1. The Balaban J connectivity index is 0.000000366. The van der Waals surface area contributed by atoms with Crippen molar-refractivity contribution in [2.75, 3.05) is 34.9 Å². The minimum atomic E-state index is -0.750. The number of aliphatic hydroxyl groups is 1. The summed E-state index contributed by atoms with van der Waals surface area (Å²) in [4.78, 5) is 35.0. The molecule has 1 fully saturated rings. The minimum absolute atomic E-state index is 0. The van der Waals surface area contributed by atoms with E-state index >= 15 is 0 Å². The van der Waals surface area contributed by atoms with Gasteiger partial charge in [0.15, 0.2) is 11.5 Å². The van der Waals surface area contributed by atoms with E-state index in [1.165, 1.54) is 28.9 Å². The van der Waals surface area contributed by atoms with Gasteiger partial charge in [0.05, 0.1) is 35.1 Å². The van der Waals surface area contributed by atoms with E-state index in [1.54, 1.807) is 47.9 Å². The first kappa shape index (κ1) is 77.8. The van der Waals surface area contributed by atoms with Crippen LogP contribution >= 0.6 is 63.7 Å². The summed E-state index contributed by atoms with van der Waals surface area (Å²) in [6.45, 7) is 38.9. The van der Waals surface area contributed by atoms with Crippen molar-refractivity contribution in [3.8, 4) is 17.4 Å². The monoisotopic (exact) mass is 1450 g/mol. The Bertz CT molecular complexity index is 3610. The molecule has 16 nitrogen and oxygen atoms in total.